The van der Waals surface area contributed by atoms with Crippen LogP contribution in [-0.2, 0) is 16.1 Å². The number of halogens is 1. The Hall–Kier alpha value is -2.75. The predicted molar refractivity (Wildman–Crippen MR) is 150 cm³/mol. The van der Waals surface area contributed by atoms with Gasteiger partial charge in [0, 0.05) is 18.8 Å². The molecule has 0 saturated carbocycles. The van der Waals surface area contributed by atoms with Crippen molar-refractivity contribution < 1.29 is 19.0 Å². The summed E-state index contributed by atoms with van der Waals surface area (Å²) in [6, 6.07) is 9.92. The summed E-state index contributed by atoms with van der Waals surface area (Å²) in [5, 5.41) is 0.631. The molecule has 0 aliphatic carbocycles. The highest BCUT2D eigenvalue weighted by atomic mass is 35.5. The van der Waals surface area contributed by atoms with Gasteiger partial charge < -0.3 is 19.1 Å². The number of fused-ring (bicyclic) bond motifs is 1. The van der Waals surface area contributed by atoms with Crippen molar-refractivity contribution in [3.63, 3.8) is 0 Å². The molecular weight excluding hydrogens is 524 g/mol. The molecule has 5 rings (SSSR count). The normalized spacial score (nSPS) is 21.6. The second-order valence-corrected chi connectivity index (χ2v) is 11.2. The Morgan fingerprint density at radius 3 is 2.71 bits per heavy atom. The Morgan fingerprint density at radius 1 is 1.21 bits per heavy atom. The number of nitrogens with zero attached hydrogens (tertiary/aromatic N) is 4. The Labute approximate surface area is 233 Å². The molecule has 8 nitrogen and oxygen atoms in total. The predicted octanol–water partition coefficient (Wildman–Crippen LogP) is 4.73. The van der Waals surface area contributed by atoms with E-state index < -0.39 is 0 Å². The fourth-order valence-corrected chi connectivity index (χ4v) is 6.49. The molecule has 2 atom stereocenters. The molecule has 2 unspecified atom stereocenters. The van der Waals surface area contributed by atoms with Crippen LogP contribution >= 0.6 is 23.4 Å². The van der Waals surface area contributed by atoms with E-state index in [2.05, 4.69) is 27.9 Å². The molecule has 0 bridgehead atoms. The average Bonchev–Trinajstić information content (AvgIpc) is 3.48. The number of ether oxygens (including phenoxy) is 3. The summed E-state index contributed by atoms with van der Waals surface area (Å²) >= 11 is 7.48. The van der Waals surface area contributed by atoms with Crippen molar-refractivity contribution in [3.05, 3.63) is 63.8 Å². The van der Waals surface area contributed by atoms with Crippen LogP contribution in [0.2, 0.25) is 5.02 Å². The Kier molecular flexibility index (Phi) is 8.45. The zero-order chi connectivity index (χ0) is 26.6. The highest BCUT2D eigenvalue weighted by Crippen LogP contribution is 2.42. The summed E-state index contributed by atoms with van der Waals surface area (Å²) in [6.45, 7) is 5.31. The van der Waals surface area contributed by atoms with E-state index in [1.165, 1.54) is 17.3 Å². The highest BCUT2D eigenvalue weighted by Gasteiger charge is 2.40. The fourth-order valence-electron chi connectivity index (χ4n) is 5.17. The van der Waals surface area contributed by atoms with Crippen LogP contribution in [0.5, 0.6) is 11.5 Å². The van der Waals surface area contributed by atoms with Crippen LogP contribution in [0.15, 0.2) is 52.5 Å². The topological polar surface area (TPSA) is 76.5 Å². The Bertz CT molecular complexity index is 1210. The molecule has 0 spiro atoms. The van der Waals surface area contributed by atoms with Crippen molar-refractivity contribution in [1.29, 1.82) is 0 Å². The van der Waals surface area contributed by atoms with Crippen LogP contribution in [0.4, 0.5) is 0 Å². The number of esters is 1. The minimum Gasteiger partial charge on any atom is -0.493 e. The van der Waals surface area contributed by atoms with Crippen molar-refractivity contribution in [2.24, 2.45) is 4.99 Å². The van der Waals surface area contributed by atoms with Gasteiger partial charge in [-0.25, -0.2) is 4.79 Å². The monoisotopic (exact) mass is 556 g/mol. The van der Waals surface area contributed by atoms with E-state index in [0.29, 0.717) is 29.1 Å². The average molecular weight is 557 g/mol. The SMILES string of the molecule is CCOC(=O)C1=CC2C(N=C(CN3CCC(c4cccc(OC)c4OCc4ccc(Cl)cn4)CC3)N2C)S1. The van der Waals surface area contributed by atoms with Gasteiger partial charge in [-0.1, -0.05) is 35.5 Å². The van der Waals surface area contributed by atoms with Gasteiger partial charge in [0.05, 0.1) is 41.9 Å². The summed E-state index contributed by atoms with van der Waals surface area (Å²) in [4.78, 5) is 26.7. The number of hydrogen-bond acceptors (Lipinski definition) is 9. The number of aliphatic imine (C=N–C) groups is 1. The molecule has 38 heavy (non-hydrogen) atoms. The van der Waals surface area contributed by atoms with Gasteiger partial charge in [-0.15, -0.1) is 0 Å². The molecule has 1 fully saturated rings. The second-order valence-electron chi connectivity index (χ2n) is 9.59. The smallest absolute Gasteiger partial charge is 0.344 e. The lowest BCUT2D eigenvalue weighted by Gasteiger charge is -2.34. The first-order valence-electron chi connectivity index (χ1n) is 12.9. The van der Waals surface area contributed by atoms with Gasteiger partial charge in [0.25, 0.3) is 0 Å². The summed E-state index contributed by atoms with van der Waals surface area (Å²) in [7, 11) is 3.74. The van der Waals surface area contributed by atoms with Crippen molar-refractivity contribution in [2.75, 3.05) is 40.4 Å². The van der Waals surface area contributed by atoms with Crippen LogP contribution in [-0.4, -0.2) is 78.4 Å². The molecule has 0 radical (unpaired) electrons. The molecule has 1 aromatic heterocycles. The molecule has 3 aliphatic rings. The van der Waals surface area contributed by atoms with Crippen molar-refractivity contribution in [3.8, 4) is 11.5 Å². The number of methoxy groups -OCH3 is 1. The quantitative estimate of drug-likeness (QED) is 0.410. The van der Waals surface area contributed by atoms with E-state index >= 15 is 0 Å². The number of pyridine rings is 1. The van der Waals surface area contributed by atoms with Gasteiger partial charge >= 0.3 is 5.97 Å². The maximum absolute atomic E-state index is 12.1. The zero-order valence-electron chi connectivity index (χ0n) is 21.9. The lowest BCUT2D eigenvalue weighted by atomic mass is 9.88. The third-order valence-electron chi connectivity index (χ3n) is 7.24. The molecule has 4 heterocycles. The first-order valence-corrected chi connectivity index (χ1v) is 14.2. The maximum atomic E-state index is 12.1. The Balaban J connectivity index is 1.19. The number of carbonyl (C=O) groups excluding carboxylic acids is 1. The third-order valence-corrected chi connectivity index (χ3v) is 8.65. The number of carbonyl (C=O) groups is 1. The molecule has 1 aromatic carbocycles. The minimum atomic E-state index is -0.246. The number of aromatic nitrogens is 1. The van der Waals surface area contributed by atoms with E-state index in [1.54, 1.807) is 13.3 Å². The summed E-state index contributed by atoms with van der Waals surface area (Å²) in [5.74, 6) is 2.73. The molecule has 2 aromatic rings. The lowest BCUT2D eigenvalue weighted by Crippen LogP contribution is -2.42. The van der Waals surface area contributed by atoms with Gasteiger partial charge in [-0.05, 0) is 63.0 Å². The number of hydrogen-bond donors (Lipinski definition) is 0. The number of benzene rings is 1. The molecule has 0 N–H and O–H groups in total. The lowest BCUT2D eigenvalue weighted by molar-refractivity contribution is -0.137. The first kappa shape index (κ1) is 26.8. The van der Waals surface area contributed by atoms with E-state index in [-0.39, 0.29) is 17.4 Å². The minimum absolute atomic E-state index is 0.0264. The van der Waals surface area contributed by atoms with E-state index in [9.17, 15) is 4.79 Å². The number of piperidine rings is 1. The number of rotatable bonds is 9. The van der Waals surface area contributed by atoms with Gasteiger partial charge in [0.1, 0.15) is 17.8 Å². The van der Waals surface area contributed by atoms with Gasteiger partial charge in [-0.2, -0.15) is 0 Å². The highest BCUT2D eigenvalue weighted by molar-refractivity contribution is 8.04. The van der Waals surface area contributed by atoms with Crippen LogP contribution in [0.3, 0.4) is 0 Å². The van der Waals surface area contributed by atoms with Crippen LogP contribution in [0, 0.1) is 0 Å². The number of para-hydroxylation sites is 1. The van der Waals surface area contributed by atoms with Crippen LogP contribution in [0.25, 0.3) is 0 Å². The Morgan fingerprint density at radius 2 is 2.03 bits per heavy atom. The summed E-state index contributed by atoms with van der Waals surface area (Å²) in [5.41, 5.74) is 1.99. The maximum Gasteiger partial charge on any atom is 0.344 e. The summed E-state index contributed by atoms with van der Waals surface area (Å²) in [6.07, 6.45) is 5.68. The van der Waals surface area contributed by atoms with Crippen molar-refractivity contribution in [2.45, 2.75) is 43.7 Å². The van der Waals surface area contributed by atoms with Gasteiger partial charge in [0.15, 0.2) is 11.5 Å². The van der Waals surface area contributed by atoms with Crippen LogP contribution in [0.1, 0.15) is 36.9 Å². The van der Waals surface area contributed by atoms with Gasteiger partial charge in [0.2, 0.25) is 0 Å². The molecule has 3 aliphatic heterocycles. The van der Waals surface area contributed by atoms with Crippen molar-refractivity contribution >= 4 is 35.2 Å². The third kappa shape index (κ3) is 5.80. The zero-order valence-corrected chi connectivity index (χ0v) is 23.5. The van der Waals surface area contributed by atoms with E-state index in [4.69, 9.17) is 30.8 Å². The van der Waals surface area contributed by atoms with Gasteiger partial charge in [-0.3, -0.25) is 14.9 Å². The van der Waals surface area contributed by atoms with Crippen LogP contribution < -0.4 is 9.47 Å². The molecule has 202 valence electrons. The van der Waals surface area contributed by atoms with E-state index in [0.717, 1.165) is 55.5 Å². The molecule has 1 saturated heterocycles. The number of thioether (sulfide) groups is 1. The summed E-state index contributed by atoms with van der Waals surface area (Å²) < 4.78 is 17.1. The van der Waals surface area contributed by atoms with E-state index in [1.807, 2.05) is 37.3 Å². The molecule has 10 heteroatoms. The largest absolute Gasteiger partial charge is 0.493 e. The van der Waals surface area contributed by atoms with Crippen molar-refractivity contribution in [1.82, 2.24) is 14.8 Å². The number of amidine groups is 1. The fraction of sp³-hybridized carbons (Fsp3) is 0.464. The standard InChI is InChI=1S/C28H33ClN4O4S/c1-4-36-28(34)24-14-22-27(38-24)31-25(32(22)2)16-33-12-10-18(11-13-33)21-6-5-7-23(35-3)26(21)37-17-20-9-8-19(29)15-30-20/h5-9,14-15,18,22,27H,4,10-13,16-17H2,1-3H3. The first-order chi connectivity index (χ1) is 18.5. The second kappa shape index (κ2) is 12.0. The number of likely N-dealkylation sites (tertiary alicyclic amines) is 1. The molecular formula is C28H33ClN4O4S. The molecule has 0 amide bonds. The number of likely N-dealkylation sites (N-methyl/N-ethyl adjacent to an activating group) is 1.